The zero-order chi connectivity index (χ0) is 14.1. The van der Waals surface area contributed by atoms with Crippen LogP contribution in [-0.4, -0.2) is 30.7 Å². The van der Waals surface area contributed by atoms with Crippen molar-refractivity contribution in [3.8, 4) is 0 Å². The normalized spacial score (nSPS) is 23.4. The molecule has 106 valence electrons. The third-order valence-corrected chi connectivity index (χ3v) is 4.67. The SMILES string of the molecule is CSc1ccccc1N1CCC(=O)NC(C2CC2)C1=O. The van der Waals surface area contributed by atoms with Gasteiger partial charge in [0.2, 0.25) is 11.8 Å². The highest BCUT2D eigenvalue weighted by Crippen LogP contribution is 2.36. The molecule has 1 saturated carbocycles. The van der Waals surface area contributed by atoms with Crippen LogP contribution in [-0.2, 0) is 9.59 Å². The summed E-state index contributed by atoms with van der Waals surface area (Å²) in [4.78, 5) is 27.4. The van der Waals surface area contributed by atoms with E-state index < -0.39 is 0 Å². The smallest absolute Gasteiger partial charge is 0.249 e. The summed E-state index contributed by atoms with van der Waals surface area (Å²) in [6.07, 6.45) is 4.45. The van der Waals surface area contributed by atoms with Crippen LogP contribution in [0, 0.1) is 5.92 Å². The zero-order valence-corrected chi connectivity index (χ0v) is 12.3. The van der Waals surface area contributed by atoms with Crippen LogP contribution in [0.1, 0.15) is 19.3 Å². The van der Waals surface area contributed by atoms with E-state index in [1.54, 1.807) is 16.7 Å². The van der Waals surface area contributed by atoms with Crippen LogP contribution in [0.4, 0.5) is 5.69 Å². The number of nitrogens with one attached hydrogen (secondary N) is 1. The predicted octanol–water partition coefficient (Wildman–Crippen LogP) is 2.04. The van der Waals surface area contributed by atoms with Crippen LogP contribution in [0.5, 0.6) is 0 Å². The van der Waals surface area contributed by atoms with Crippen LogP contribution in [0.15, 0.2) is 29.2 Å². The molecule has 2 fully saturated rings. The number of hydrogen-bond acceptors (Lipinski definition) is 3. The Kier molecular flexibility index (Phi) is 3.70. The fourth-order valence-electron chi connectivity index (χ4n) is 2.64. The number of anilines is 1. The Balaban J connectivity index is 1.94. The lowest BCUT2D eigenvalue weighted by Crippen LogP contribution is -2.46. The van der Waals surface area contributed by atoms with E-state index in [4.69, 9.17) is 0 Å². The minimum Gasteiger partial charge on any atom is -0.344 e. The van der Waals surface area contributed by atoms with Gasteiger partial charge in [-0.15, -0.1) is 11.8 Å². The molecular weight excluding hydrogens is 272 g/mol. The Morgan fingerprint density at radius 3 is 2.70 bits per heavy atom. The first-order valence-corrected chi connectivity index (χ1v) is 8.17. The maximum absolute atomic E-state index is 12.7. The van der Waals surface area contributed by atoms with E-state index in [1.807, 2.05) is 30.5 Å². The highest BCUT2D eigenvalue weighted by molar-refractivity contribution is 7.98. The molecular formula is C15H18N2O2S. The predicted molar refractivity (Wildman–Crippen MR) is 79.8 cm³/mol. The first-order valence-electron chi connectivity index (χ1n) is 6.94. The summed E-state index contributed by atoms with van der Waals surface area (Å²) in [6, 6.07) is 7.55. The monoisotopic (exact) mass is 290 g/mol. The van der Waals surface area contributed by atoms with Gasteiger partial charge in [0.25, 0.3) is 0 Å². The van der Waals surface area contributed by atoms with E-state index in [9.17, 15) is 9.59 Å². The standard InChI is InChI=1S/C15H18N2O2S/c1-20-12-5-3-2-4-11(12)17-9-8-13(18)16-14(15(17)19)10-6-7-10/h2-5,10,14H,6-9H2,1H3,(H,16,18). The van der Waals surface area contributed by atoms with Crippen LogP contribution in [0.3, 0.4) is 0 Å². The molecule has 2 aliphatic rings. The number of benzene rings is 1. The van der Waals surface area contributed by atoms with Crippen LogP contribution >= 0.6 is 11.8 Å². The summed E-state index contributed by atoms with van der Waals surface area (Å²) in [5.41, 5.74) is 0.923. The molecule has 2 amide bonds. The van der Waals surface area contributed by atoms with Gasteiger partial charge in [-0.05, 0) is 37.1 Å². The summed E-state index contributed by atoms with van der Waals surface area (Å²) in [7, 11) is 0. The van der Waals surface area contributed by atoms with Gasteiger partial charge in [-0.2, -0.15) is 0 Å². The van der Waals surface area contributed by atoms with Gasteiger partial charge in [-0.25, -0.2) is 0 Å². The Morgan fingerprint density at radius 1 is 1.25 bits per heavy atom. The van der Waals surface area contributed by atoms with Crippen LogP contribution < -0.4 is 10.2 Å². The lowest BCUT2D eigenvalue weighted by atomic mass is 10.1. The molecule has 0 aromatic heterocycles. The third-order valence-electron chi connectivity index (χ3n) is 3.88. The second-order valence-electron chi connectivity index (χ2n) is 5.29. The molecule has 1 heterocycles. The quantitative estimate of drug-likeness (QED) is 0.867. The number of carbonyl (C=O) groups excluding carboxylic acids is 2. The summed E-state index contributed by atoms with van der Waals surface area (Å²) in [5.74, 6) is 0.354. The maximum Gasteiger partial charge on any atom is 0.249 e. The molecule has 1 unspecified atom stereocenters. The molecule has 4 nitrogen and oxygen atoms in total. The van der Waals surface area contributed by atoms with Gasteiger partial charge in [-0.1, -0.05) is 12.1 Å². The molecule has 1 aliphatic carbocycles. The van der Waals surface area contributed by atoms with Crippen molar-refractivity contribution in [2.24, 2.45) is 5.92 Å². The van der Waals surface area contributed by atoms with Crippen molar-refractivity contribution in [3.05, 3.63) is 24.3 Å². The van der Waals surface area contributed by atoms with E-state index in [-0.39, 0.29) is 17.9 Å². The Hall–Kier alpha value is -1.49. The number of amides is 2. The number of rotatable bonds is 3. The van der Waals surface area contributed by atoms with Crippen molar-refractivity contribution < 1.29 is 9.59 Å². The molecule has 0 radical (unpaired) electrons. The van der Waals surface area contributed by atoms with Gasteiger partial charge in [-0.3, -0.25) is 9.59 Å². The average Bonchev–Trinajstić information content (AvgIpc) is 3.29. The molecule has 0 bridgehead atoms. The molecule has 0 spiro atoms. The molecule has 1 atom stereocenters. The Bertz CT molecular complexity index is 542. The fourth-order valence-corrected chi connectivity index (χ4v) is 3.24. The molecule has 1 N–H and O–H groups in total. The van der Waals surface area contributed by atoms with E-state index in [1.165, 1.54) is 0 Å². The van der Waals surface area contributed by atoms with Crippen molar-refractivity contribution >= 4 is 29.3 Å². The summed E-state index contributed by atoms with van der Waals surface area (Å²) >= 11 is 1.62. The Labute approximate surface area is 122 Å². The molecule has 1 saturated heterocycles. The van der Waals surface area contributed by atoms with E-state index in [2.05, 4.69) is 5.32 Å². The second kappa shape index (κ2) is 5.48. The summed E-state index contributed by atoms with van der Waals surface area (Å²) < 4.78 is 0. The van der Waals surface area contributed by atoms with Crippen LogP contribution in [0.25, 0.3) is 0 Å². The second-order valence-corrected chi connectivity index (χ2v) is 6.14. The van der Waals surface area contributed by atoms with Gasteiger partial charge >= 0.3 is 0 Å². The van der Waals surface area contributed by atoms with E-state index in [0.29, 0.717) is 18.9 Å². The van der Waals surface area contributed by atoms with E-state index >= 15 is 0 Å². The Morgan fingerprint density at radius 2 is 2.00 bits per heavy atom. The zero-order valence-electron chi connectivity index (χ0n) is 11.5. The van der Waals surface area contributed by atoms with Gasteiger partial charge in [0.1, 0.15) is 6.04 Å². The number of para-hydroxylation sites is 1. The molecule has 5 heteroatoms. The highest BCUT2D eigenvalue weighted by atomic mass is 32.2. The van der Waals surface area contributed by atoms with Crippen molar-refractivity contribution in [2.75, 3.05) is 17.7 Å². The van der Waals surface area contributed by atoms with Gasteiger partial charge in [0, 0.05) is 17.9 Å². The van der Waals surface area contributed by atoms with Crippen molar-refractivity contribution in [2.45, 2.75) is 30.2 Å². The average molecular weight is 290 g/mol. The number of hydrogen-bond donors (Lipinski definition) is 1. The number of nitrogens with zero attached hydrogens (tertiary/aromatic N) is 1. The van der Waals surface area contributed by atoms with Gasteiger partial charge in [0.05, 0.1) is 5.69 Å². The van der Waals surface area contributed by atoms with Crippen molar-refractivity contribution in [3.63, 3.8) is 0 Å². The molecule has 1 aromatic rings. The van der Waals surface area contributed by atoms with Gasteiger partial charge < -0.3 is 10.2 Å². The molecule has 3 rings (SSSR count). The topological polar surface area (TPSA) is 49.4 Å². The van der Waals surface area contributed by atoms with Crippen molar-refractivity contribution in [1.82, 2.24) is 5.32 Å². The molecule has 1 aliphatic heterocycles. The highest BCUT2D eigenvalue weighted by Gasteiger charge is 2.41. The maximum atomic E-state index is 12.7. The fraction of sp³-hybridized carbons (Fsp3) is 0.467. The van der Waals surface area contributed by atoms with Gasteiger partial charge in [0.15, 0.2) is 0 Å². The molecule has 20 heavy (non-hydrogen) atoms. The lowest BCUT2D eigenvalue weighted by Gasteiger charge is -2.25. The minimum absolute atomic E-state index is 0.0145. The van der Waals surface area contributed by atoms with E-state index in [0.717, 1.165) is 23.4 Å². The summed E-state index contributed by atoms with van der Waals surface area (Å²) in [6.45, 7) is 0.464. The van der Waals surface area contributed by atoms with Crippen molar-refractivity contribution in [1.29, 1.82) is 0 Å². The largest absolute Gasteiger partial charge is 0.344 e. The third kappa shape index (κ3) is 2.54. The number of carbonyl (C=O) groups is 2. The number of thioether (sulfide) groups is 1. The first kappa shape index (κ1) is 13.5. The lowest BCUT2D eigenvalue weighted by molar-refractivity contribution is -0.126. The van der Waals surface area contributed by atoms with Crippen LogP contribution in [0.2, 0.25) is 0 Å². The minimum atomic E-state index is -0.333. The first-order chi connectivity index (χ1) is 9.70. The summed E-state index contributed by atoms with van der Waals surface area (Å²) in [5, 5.41) is 2.89. The molecule has 1 aromatic carbocycles.